The minimum Gasteiger partial charge on any atom is -0.437 e. The van der Waals surface area contributed by atoms with Crippen LogP contribution in [0.25, 0.3) is 78.6 Å². The highest BCUT2D eigenvalue weighted by Gasteiger charge is 2.22. The lowest BCUT2D eigenvalue weighted by atomic mass is 10.1. The summed E-state index contributed by atoms with van der Waals surface area (Å²) in [6.07, 6.45) is 0. The Morgan fingerprint density at radius 3 is 1.84 bits per heavy atom. The zero-order chi connectivity index (χ0) is 28.3. The number of rotatable bonds is 4. The smallest absolute Gasteiger partial charge is 0.234 e. The predicted molar refractivity (Wildman–Crippen MR) is 171 cm³/mol. The summed E-state index contributed by atoms with van der Waals surface area (Å²) in [6.45, 7) is 0. The molecule has 4 heterocycles. The van der Waals surface area contributed by atoms with Crippen molar-refractivity contribution in [1.29, 1.82) is 0 Å². The van der Waals surface area contributed by atoms with Crippen molar-refractivity contribution >= 4 is 39.0 Å². The number of hydrogen-bond donors (Lipinski definition) is 0. The van der Waals surface area contributed by atoms with Gasteiger partial charge in [-0.25, -0.2) is 19.4 Å². The first-order valence-electron chi connectivity index (χ1n) is 14.2. The lowest BCUT2D eigenvalue weighted by Crippen LogP contribution is -1.97. The zero-order valence-electron chi connectivity index (χ0n) is 22.9. The molecule has 0 atom stereocenters. The Bertz CT molecular complexity index is 2380. The fraction of sp³-hybridized carbons (Fsp3) is 0. The second-order valence-corrected chi connectivity index (χ2v) is 10.6. The van der Waals surface area contributed by atoms with E-state index in [4.69, 9.17) is 19.4 Å². The number of para-hydroxylation sites is 2. The van der Waals surface area contributed by atoms with Gasteiger partial charge >= 0.3 is 0 Å². The van der Waals surface area contributed by atoms with Crippen LogP contribution < -0.4 is 0 Å². The molecule has 6 heteroatoms. The van der Waals surface area contributed by atoms with E-state index in [1.54, 1.807) is 0 Å². The Hall–Kier alpha value is -6.01. The van der Waals surface area contributed by atoms with Gasteiger partial charge in [-0.3, -0.25) is 4.57 Å². The van der Waals surface area contributed by atoms with E-state index in [1.165, 1.54) is 0 Å². The zero-order valence-corrected chi connectivity index (χ0v) is 22.9. The second-order valence-electron chi connectivity index (χ2n) is 10.6. The molecular weight excluding hydrogens is 530 g/mol. The van der Waals surface area contributed by atoms with Crippen molar-refractivity contribution in [2.24, 2.45) is 0 Å². The Labute approximate surface area is 246 Å². The van der Waals surface area contributed by atoms with E-state index >= 15 is 0 Å². The molecule has 0 aliphatic rings. The highest BCUT2D eigenvalue weighted by Crippen LogP contribution is 2.36. The SMILES string of the molecule is c1ccc(-c2cc(-c3ccccc3)nc(-c3ccc4c(c3)n(-c3ccccc3)c3nc5c6ccccc6oc5n43)n2)cc1. The molecule has 0 amide bonds. The summed E-state index contributed by atoms with van der Waals surface area (Å²) in [5.74, 6) is 1.45. The van der Waals surface area contributed by atoms with E-state index in [-0.39, 0.29) is 0 Å². The van der Waals surface area contributed by atoms with Gasteiger partial charge in [-0.05, 0) is 48.5 Å². The van der Waals surface area contributed by atoms with Crippen LogP contribution in [0, 0.1) is 0 Å². The standard InChI is InChI=1S/C37H23N5O/c1-4-12-24(13-5-1)29-23-30(25-14-6-2-7-15-25)39-35(38-29)26-20-21-31-32(22-26)41(27-16-8-3-9-17-27)37-40-34-28-18-10-11-19-33(28)43-36(34)42(31)37/h1-23H. The average molecular weight is 554 g/mol. The molecule has 0 radical (unpaired) electrons. The fourth-order valence-corrected chi connectivity index (χ4v) is 5.95. The third kappa shape index (κ3) is 3.70. The fourth-order valence-electron chi connectivity index (χ4n) is 5.95. The molecule has 0 fully saturated rings. The summed E-state index contributed by atoms with van der Waals surface area (Å²) in [5.41, 5.74) is 10.2. The van der Waals surface area contributed by atoms with Crippen molar-refractivity contribution in [2.45, 2.75) is 0 Å². The summed E-state index contributed by atoms with van der Waals surface area (Å²) in [6, 6.07) is 47.3. The Morgan fingerprint density at radius 2 is 1.14 bits per heavy atom. The van der Waals surface area contributed by atoms with E-state index in [9.17, 15) is 0 Å². The van der Waals surface area contributed by atoms with Crippen LogP contribution in [0.3, 0.4) is 0 Å². The van der Waals surface area contributed by atoms with Gasteiger partial charge in [0.1, 0.15) is 11.1 Å². The van der Waals surface area contributed by atoms with Gasteiger partial charge in [0.05, 0.1) is 22.4 Å². The minimum atomic E-state index is 0.662. The lowest BCUT2D eigenvalue weighted by molar-refractivity contribution is 0.651. The number of fused-ring (bicyclic) bond motifs is 7. The van der Waals surface area contributed by atoms with Crippen LogP contribution in [0.5, 0.6) is 0 Å². The van der Waals surface area contributed by atoms with E-state index < -0.39 is 0 Å². The molecule has 0 saturated carbocycles. The molecule has 4 aromatic heterocycles. The lowest BCUT2D eigenvalue weighted by Gasteiger charge is -2.10. The largest absolute Gasteiger partial charge is 0.437 e. The van der Waals surface area contributed by atoms with Gasteiger partial charge in [-0.2, -0.15) is 0 Å². The van der Waals surface area contributed by atoms with Crippen LogP contribution in [-0.2, 0) is 0 Å². The third-order valence-electron chi connectivity index (χ3n) is 7.96. The molecule has 0 spiro atoms. The van der Waals surface area contributed by atoms with Crippen molar-refractivity contribution in [3.63, 3.8) is 0 Å². The van der Waals surface area contributed by atoms with Crippen LogP contribution in [-0.4, -0.2) is 23.9 Å². The monoisotopic (exact) mass is 553 g/mol. The first-order valence-corrected chi connectivity index (χ1v) is 14.2. The maximum atomic E-state index is 6.37. The number of imidazole rings is 2. The molecule has 5 aromatic carbocycles. The molecule has 0 saturated heterocycles. The molecule has 0 aliphatic heterocycles. The molecule has 0 aliphatic carbocycles. The highest BCUT2D eigenvalue weighted by atomic mass is 16.3. The van der Waals surface area contributed by atoms with Crippen molar-refractivity contribution in [1.82, 2.24) is 23.9 Å². The quantitative estimate of drug-likeness (QED) is 0.218. The third-order valence-corrected chi connectivity index (χ3v) is 7.96. The molecule has 9 aromatic rings. The first-order chi connectivity index (χ1) is 21.3. The summed E-state index contributed by atoms with van der Waals surface area (Å²) in [7, 11) is 0. The van der Waals surface area contributed by atoms with Crippen molar-refractivity contribution in [2.75, 3.05) is 0 Å². The minimum absolute atomic E-state index is 0.662. The van der Waals surface area contributed by atoms with Gasteiger partial charge in [0.2, 0.25) is 11.5 Å². The van der Waals surface area contributed by atoms with Crippen LogP contribution in [0.1, 0.15) is 0 Å². The molecule has 0 bridgehead atoms. The van der Waals surface area contributed by atoms with E-state index in [0.717, 1.165) is 72.8 Å². The summed E-state index contributed by atoms with van der Waals surface area (Å²) in [4.78, 5) is 15.3. The normalized spacial score (nSPS) is 11.7. The predicted octanol–water partition coefficient (Wildman–Crippen LogP) is 8.97. The van der Waals surface area contributed by atoms with Gasteiger partial charge < -0.3 is 4.42 Å². The van der Waals surface area contributed by atoms with Crippen molar-refractivity contribution < 1.29 is 4.42 Å². The van der Waals surface area contributed by atoms with Crippen LogP contribution in [0.2, 0.25) is 0 Å². The van der Waals surface area contributed by atoms with E-state index in [1.807, 2.05) is 72.8 Å². The molecule has 9 rings (SSSR count). The molecule has 0 N–H and O–H groups in total. The molecular formula is C37H23N5O. The molecule has 6 nitrogen and oxygen atoms in total. The maximum absolute atomic E-state index is 6.37. The second kappa shape index (κ2) is 9.26. The number of benzene rings is 5. The highest BCUT2D eigenvalue weighted by molar-refractivity contribution is 6.05. The number of furan rings is 1. The topological polar surface area (TPSA) is 61.2 Å². The van der Waals surface area contributed by atoms with Crippen LogP contribution >= 0.6 is 0 Å². The Balaban J connectivity index is 1.32. The molecule has 43 heavy (non-hydrogen) atoms. The van der Waals surface area contributed by atoms with Gasteiger partial charge in [-0.15, -0.1) is 0 Å². The van der Waals surface area contributed by atoms with Crippen LogP contribution in [0.15, 0.2) is 144 Å². The Kier molecular flexibility index (Phi) is 5.10. The Morgan fingerprint density at radius 1 is 0.512 bits per heavy atom. The van der Waals surface area contributed by atoms with Gasteiger partial charge in [0, 0.05) is 27.8 Å². The first kappa shape index (κ1) is 23.7. The number of hydrogen-bond acceptors (Lipinski definition) is 4. The van der Waals surface area contributed by atoms with E-state index in [2.05, 4.69) is 75.7 Å². The van der Waals surface area contributed by atoms with Gasteiger partial charge in [0.15, 0.2) is 5.82 Å². The summed E-state index contributed by atoms with van der Waals surface area (Å²) < 4.78 is 10.7. The number of nitrogens with zero attached hydrogens (tertiary/aromatic N) is 5. The maximum Gasteiger partial charge on any atom is 0.234 e. The summed E-state index contributed by atoms with van der Waals surface area (Å²) in [5, 5.41) is 1.00. The van der Waals surface area contributed by atoms with Crippen molar-refractivity contribution in [3.05, 3.63) is 140 Å². The van der Waals surface area contributed by atoms with Crippen LogP contribution in [0.4, 0.5) is 0 Å². The van der Waals surface area contributed by atoms with Gasteiger partial charge in [0.25, 0.3) is 0 Å². The summed E-state index contributed by atoms with van der Waals surface area (Å²) >= 11 is 0. The van der Waals surface area contributed by atoms with E-state index in [0.29, 0.717) is 5.82 Å². The average Bonchev–Trinajstić information content (AvgIpc) is 3.72. The molecule has 202 valence electrons. The number of aromatic nitrogens is 5. The molecule has 0 unspecified atom stereocenters. The van der Waals surface area contributed by atoms with Gasteiger partial charge in [-0.1, -0.05) is 91.0 Å². The van der Waals surface area contributed by atoms with Crippen molar-refractivity contribution in [3.8, 4) is 39.6 Å².